The Kier molecular flexibility index (Phi) is 9.76. The van der Waals surface area contributed by atoms with Crippen LogP contribution in [0.2, 0.25) is 0 Å². The average molecular weight is 492 g/mol. The lowest BCUT2D eigenvalue weighted by atomic mass is 9.99. The Morgan fingerprint density at radius 1 is 0.892 bits per heavy atom. The van der Waals surface area contributed by atoms with Crippen LogP contribution < -0.4 is 0 Å². The number of nitriles is 2. The maximum atomic E-state index is 13.5. The number of amides is 1. The third-order valence-electron chi connectivity index (χ3n) is 6.03. The molecule has 0 unspecified atom stereocenters. The van der Waals surface area contributed by atoms with Crippen molar-refractivity contribution in [1.29, 1.82) is 10.5 Å². The van der Waals surface area contributed by atoms with Crippen molar-refractivity contribution in [3.63, 3.8) is 0 Å². The van der Waals surface area contributed by atoms with E-state index in [2.05, 4.69) is 12.1 Å². The van der Waals surface area contributed by atoms with E-state index in [9.17, 15) is 20.1 Å². The number of benzene rings is 3. The summed E-state index contributed by atoms with van der Waals surface area (Å²) in [4.78, 5) is 26.8. The molecule has 0 aliphatic carbocycles. The zero-order chi connectivity index (χ0) is 26.6. The van der Waals surface area contributed by atoms with Crippen LogP contribution in [-0.4, -0.2) is 23.4 Å². The predicted octanol–water partition coefficient (Wildman–Crippen LogP) is 5.48. The van der Waals surface area contributed by atoms with E-state index in [1.807, 2.05) is 49.4 Å². The molecule has 186 valence electrons. The van der Waals surface area contributed by atoms with Crippen LogP contribution in [0.25, 0.3) is 6.08 Å². The maximum Gasteiger partial charge on any atom is 0.330 e. The molecule has 0 bridgehead atoms. The van der Waals surface area contributed by atoms with Gasteiger partial charge in [-0.1, -0.05) is 54.6 Å². The molecular weight excluding hydrogens is 462 g/mol. The van der Waals surface area contributed by atoms with E-state index in [1.54, 1.807) is 42.2 Å². The second kappa shape index (κ2) is 13.4. The Hall–Kier alpha value is -4.68. The first-order valence-corrected chi connectivity index (χ1v) is 12.1. The minimum atomic E-state index is -0.397. The topological polar surface area (TPSA) is 94.2 Å². The van der Waals surface area contributed by atoms with Crippen molar-refractivity contribution in [3.05, 3.63) is 112 Å². The van der Waals surface area contributed by atoms with Crippen LogP contribution in [0.4, 0.5) is 0 Å². The Morgan fingerprint density at radius 2 is 1.49 bits per heavy atom. The second-order valence-corrected chi connectivity index (χ2v) is 8.56. The lowest BCUT2D eigenvalue weighted by molar-refractivity contribution is -0.137. The molecule has 0 saturated heterocycles. The average Bonchev–Trinajstić information content (AvgIpc) is 2.92. The molecule has 0 radical (unpaired) electrons. The van der Waals surface area contributed by atoms with Crippen LogP contribution in [0.1, 0.15) is 52.3 Å². The van der Waals surface area contributed by atoms with Gasteiger partial charge in [-0.3, -0.25) is 4.79 Å². The molecule has 0 spiro atoms. The summed E-state index contributed by atoms with van der Waals surface area (Å²) in [6, 6.07) is 24.7. The fraction of sp³-hybridized carbons (Fsp3) is 0.226. The molecule has 0 aliphatic heterocycles. The highest BCUT2D eigenvalue weighted by Crippen LogP contribution is 2.19. The van der Waals surface area contributed by atoms with E-state index in [0.29, 0.717) is 24.2 Å². The van der Waals surface area contributed by atoms with Crippen LogP contribution in [0.5, 0.6) is 0 Å². The third-order valence-corrected chi connectivity index (χ3v) is 6.03. The van der Waals surface area contributed by atoms with Crippen molar-refractivity contribution >= 4 is 18.0 Å². The zero-order valence-corrected chi connectivity index (χ0v) is 21.1. The van der Waals surface area contributed by atoms with Gasteiger partial charge in [0.1, 0.15) is 0 Å². The van der Waals surface area contributed by atoms with Gasteiger partial charge in [-0.25, -0.2) is 4.79 Å². The number of carbonyl (C=O) groups excluding carboxylic acids is 2. The van der Waals surface area contributed by atoms with Gasteiger partial charge >= 0.3 is 5.97 Å². The number of esters is 1. The molecule has 6 nitrogen and oxygen atoms in total. The Morgan fingerprint density at radius 3 is 2.05 bits per heavy atom. The predicted molar refractivity (Wildman–Crippen MR) is 142 cm³/mol. The first kappa shape index (κ1) is 26.9. The highest BCUT2D eigenvalue weighted by atomic mass is 16.5. The van der Waals surface area contributed by atoms with Gasteiger partial charge in [-0.15, -0.1) is 0 Å². The minimum Gasteiger partial charge on any atom is -0.463 e. The largest absolute Gasteiger partial charge is 0.463 e. The second-order valence-electron chi connectivity index (χ2n) is 8.56. The number of ether oxygens (including phenoxy) is 1. The van der Waals surface area contributed by atoms with Crippen molar-refractivity contribution in [3.8, 4) is 12.1 Å². The van der Waals surface area contributed by atoms with Crippen LogP contribution >= 0.6 is 0 Å². The maximum absolute atomic E-state index is 13.5. The van der Waals surface area contributed by atoms with E-state index >= 15 is 0 Å². The van der Waals surface area contributed by atoms with Crippen molar-refractivity contribution in [2.75, 3.05) is 6.61 Å². The fourth-order valence-corrected chi connectivity index (χ4v) is 4.00. The molecule has 6 heteroatoms. The standard InChI is InChI=1S/C31H29N3O3/c1-3-37-31(36)17-14-24-13-12-23(2)25(18-24)15-16-30(35)34(21-28-10-6-4-8-26(28)19-32)22-29-11-7-5-9-27(29)20-33/h4-14,17-18H,3,15-16,21-22H2,1-2H3/b17-14+. The molecule has 0 heterocycles. The molecule has 0 atom stereocenters. The number of carbonyl (C=O) groups is 2. The van der Waals surface area contributed by atoms with E-state index in [0.717, 1.165) is 27.8 Å². The van der Waals surface area contributed by atoms with E-state index in [4.69, 9.17) is 4.74 Å². The van der Waals surface area contributed by atoms with Crippen LogP contribution in [0.15, 0.2) is 72.8 Å². The van der Waals surface area contributed by atoms with Gasteiger partial charge in [0, 0.05) is 25.6 Å². The van der Waals surface area contributed by atoms with Crippen LogP contribution in [0, 0.1) is 29.6 Å². The van der Waals surface area contributed by atoms with Gasteiger partial charge in [0.05, 0.1) is 29.9 Å². The molecule has 0 aliphatic rings. The number of hydrogen-bond acceptors (Lipinski definition) is 5. The third kappa shape index (κ3) is 7.65. The highest BCUT2D eigenvalue weighted by Gasteiger charge is 2.18. The minimum absolute atomic E-state index is 0.0765. The first-order chi connectivity index (χ1) is 17.9. The summed E-state index contributed by atoms with van der Waals surface area (Å²) in [5, 5.41) is 19.1. The normalized spacial score (nSPS) is 10.5. The number of nitrogens with zero attached hydrogens (tertiary/aromatic N) is 3. The molecule has 0 fully saturated rings. The molecule has 37 heavy (non-hydrogen) atoms. The molecule has 0 aromatic heterocycles. The van der Waals surface area contributed by atoms with Crippen LogP contribution in [0.3, 0.4) is 0 Å². The summed E-state index contributed by atoms with van der Waals surface area (Å²) in [6.07, 6.45) is 3.87. The summed E-state index contributed by atoms with van der Waals surface area (Å²) in [7, 11) is 0. The van der Waals surface area contributed by atoms with Gasteiger partial charge in [-0.2, -0.15) is 10.5 Å². The lowest BCUT2D eigenvalue weighted by Crippen LogP contribution is -2.31. The number of aryl methyl sites for hydroxylation is 2. The van der Waals surface area contributed by atoms with Gasteiger partial charge in [-0.05, 0) is 66.3 Å². The van der Waals surface area contributed by atoms with Crippen molar-refractivity contribution in [2.24, 2.45) is 0 Å². The van der Waals surface area contributed by atoms with Crippen molar-refractivity contribution in [2.45, 2.75) is 39.8 Å². The molecule has 1 amide bonds. The summed E-state index contributed by atoms with van der Waals surface area (Å²) >= 11 is 0. The van der Waals surface area contributed by atoms with Crippen molar-refractivity contribution in [1.82, 2.24) is 4.90 Å². The van der Waals surface area contributed by atoms with E-state index in [-0.39, 0.29) is 25.4 Å². The smallest absolute Gasteiger partial charge is 0.330 e. The Bertz CT molecular complexity index is 1320. The van der Waals surface area contributed by atoms with Crippen molar-refractivity contribution < 1.29 is 14.3 Å². The molecular formula is C31H29N3O3. The van der Waals surface area contributed by atoms with Gasteiger partial charge in [0.15, 0.2) is 0 Å². The lowest BCUT2D eigenvalue weighted by Gasteiger charge is -2.24. The summed E-state index contributed by atoms with van der Waals surface area (Å²) in [5.41, 5.74) is 5.47. The number of rotatable bonds is 10. The molecule has 3 rings (SSSR count). The van der Waals surface area contributed by atoms with Gasteiger partial charge in [0.2, 0.25) is 5.91 Å². The molecule has 3 aromatic rings. The number of hydrogen-bond donors (Lipinski definition) is 0. The molecule has 0 N–H and O–H groups in total. The summed E-state index contributed by atoms with van der Waals surface area (Å²) in [5.74, 6) is -0.474. The Labute approximate surface area is 218 Å². The first-order valence-electron chi connectivity index (χ1n) is 12.1. The summed E-state index contributed by atoms with van der Waals surface area (Å²) < 4.78 is 4.94. The zero-order valence-electron chi connectivity index (χ0n) is 21.1. The van der Waals surface area contributed by atoms with Gasteiger partial charge < -0.3 is 9.64 Å². The monoisotopic (exact) mass is 491 g/mol. The SMILES string of the molecule is CCOC(=O)/C=C/c1ccc(C)c(CCC(=O)N(Cc2ccccc2C#N)Cc2ccccc2C#N)c1. The Balaban J connectivity index is 1.81. The molecule has 0 saturated carbocycles. The van der Waals surface area contributed by atoms with Crippen LogP contribution in [-0.2, 0) is 33.8 Å². The molecule has 3 aromatic carbocycles. The van der Waals surface area contributed by atoms with E-state index < -0.39 is 5.97 Å². The van der Waals surface area contributed by atoms with Gasteiger partial charge in [0.25, 0.3) is 0 Å². The quantitative estimate of drug-likeness (QED) is 0.277. The highest BCUT2D eigenvalue weighted by molar-refractivity contribution is 5.87. The fourth-order valence-electron chi connectivity index (χ4n) is 4.00. The summed E-state index contributed by atoms with van der Waals surface area (Å²) in [6.45, 7) is 4.60. The van der Waals surface area contributed by atoms with E-state index in [1.165, 1.54) is 6.08 Å².